The Labute approximate surface area is 158 Å². The van der Waals surface area contributed by atoms with Gasteiger partial charge in [0.05, 0.1) is 17.4 Å². The Morgan fingerprint density at radius 3 is 2.32 bits per heavy atom. The summed E-state index contributed by atoms with van der Waals surface area (Å²) in [7, 11) is 3.00. The maximum Gasteiger partial charge on any atom is 0.435 e. The number of hydrogen-bond donors (Lipinski definition) is 1. The van der Waals surface area contributed by atoms with Gasteiger partial charge in [0.1, 0.15) is 11.5 Å². The van der Waals surface area contributed by atoms with Crippen LogP contribution in [0.15, 0.2) is 24.5 Å². The van der Waals surface area contributed by atoms with Gasteiger partial charge in [-0.25, -0.2) is 9.97 Å². The van der Waals surface area contributed by atoms with Crippen molar-refractivity contribution in [2.24, 2.45) is 14.1 Å². The van der Waals surface area contributed by atoms with Crippen LogP contribution in [0.5, 0.6) is 0 Å². The van der Waals surface area contributed by atoms with E-state index in [0.29, 0.717) is 22.8 Å². The SMILES string of the molecule is Cc1ncc(-c2cc(C(C)NC(=O)c3cc(C(F)(F)F)nn3C)n(C)n2)cn1. The molecule has 0 saturated carbocycles. The fraction of sp³-hybridized carbons (Fsp3) is 0.353. The van der Waals surface area contributed by atoms with Crippen LogP contribution in [0.2, 0.25) is 0 Å². The number of rotatable bonds is 4. The summed E-state index contributed by atoms with van der Waals surface area (Å²) >= 11 is 0. The highest BCUT2D eigenvalue weighted by atomic mass is 19.4. The number of hydrogen-bond acceptors (Lipinski definition) is 5. The van der Waals surface area contributed by atoms with Gasteiger partial charge >= 0.3 is 6.18 Å². The number of amides is 1. The van der Waals surface area contributed by atoms with E-state index in [0.717, 1.165) is 10.7 Å². The number of alkyl halides is 3. The lowest BCUT2D eigenvalue weighted by molar-refractivity contribution is -0.141. The van der Waals surface area contributed by atoms with Gasteiger partial charge in [-0.2, -0.15) is 23.4 Å². The number of carbonyl (C=O) groups is 1. The van der Waals surface area contributed by atoms with Crippen molar-refractivity contribution in [3.63, 3.8) is 0 Å². The maximum absolute atomic E-state index is 12.8. The average Bonchev–Trinajstić information content (AvgIpc) is 3.18. The van der Waals surface area contributed by atoms with Crippen molar-refractivity contribution in [3.05, 3.63) is 47.4 Å². The smallest absolute Gasteiger partial charge is 0.343 e. The summed E-state index contributed by atoms with van der Waals surface area (Å²) in [5, 5.41) is 10.4. The van der Waals surface area contributed by atoms with E-state index in [-0.39, 0.29) is 5.69 Å². The lowest BCUT2D eigenvalue weighted by Crippen LogP contribution is -2.29. The average molecular weight is 393 g/mol. The first-order valence-corrected chi connectivity index (χ1v) is 8.31. The molecule has 3 aromatic rings. The van der Waals surface area contributed by atoms with Gasteiger partial charge in [-0.15, -0.1) is 0 Å². The first-order chi connectivity index (χ1) is 13.1. The van der Waals surface area contributed by atoms with Crippen molar-refractivity contribution < 1.29 is 18.0 Å². The fourth-order valence-corrected chi connectivity index (χ4v) is 2.72. The second-order valence-electron chi connectivity index (χ2n) is 6.33. The topological polar surface area (TPSA) is 90.5 Å². The largest absolute Gasteiger partial charge is 0.435 e. The molecule has 11 heteroatoms. The Bertz CT molecular complexity index is 1000. The highest BCUT2D eigenvalue weighted by molar-refractivity contribution is 5.93. The zero-order valence-electron chi connectivity index (χ0n) is 15.6. The minimum Gasteiger partial charge on any atom is -0.343 e. The molecular formula is C17H18F3N7O. The molecular weight excluding hydrogens is 375 g/mol. The molecule has 0 bridgehead atoms. The van der Waals surface area contributed by atoms with Gasteiger partial charge in [0.15, 0.2) is 5.69 Å². The number of halogens is 3. The fourth-order valence-electron chi connectivity index (χ4n) is 2.72. The van der Waals surface area contributed by atoms with Crippen LogP contribution in [0.3, 0.4) is 0 Å². The van der Waals surface area contributed by atoms with Gasteiger partial charge in [0.25, 0.3) is 5.91 Å². The van der Waals surface area contributed by atoms with E-state index in [9.17, 15) is 18.0 Å². The van der Waals surface area contributed by atoms with Crippen LogP contribution in [0.4, 0.5) is 13.2 Å². The lowest BCUT2D eigenvalue weighted by Gasteiger charge is -2.14. The molecule has 1 unspecified atom stereocenters. The summed E-state index contributed by atoms with van der Waals surface area (Å²) in [4.78, 5) is 20.7. The van der Waals surface area contributed by atoms with Crippen molar-refractivity contribution in [3.8, 4) is 11.3 Å². The summed E-state index contributed by atoms with van der Waals surface area (Å²) in [5.74, 6) is -0.0330. The van der Waals surface area contributed by atoms with Crippen LogP contribution >= 0.6 is 0 Å². The normalized spacial score (nSPS) is 12.8. The Morgan fingerprint density at radius 2 is 1.75 bits per heavy atom. The Hall–Kier alpha value is -3.24. The summed E-state index contributed by atoms with van der Waals surface area (Å²) in [6.07, 6.45) is -1.33. The van der Waals surface area contributed by atoms with E-state index in [2.05, 4.69) is 25.5 Å². The maximum atomic E-state index is 12.8. The molecule has 0 saturated heterocycles. The van der Waals surface area contributed by atoms with E-state index in [1.807, 2.05) is 0 Å². The van der Waals surface area contributed by atoms with Crippen LogP contribution in [-0.4, -0.2) is 35.4 Å². The molecule has 3 heterocycles. The third-order valence-corrected chi connectivity index (χ3v) is 4.19. The predicted octanol–water partition coefficient (Wildman–Crippen LogP) is 2.43. The molecule has 0 spiro atoms. The van der Waals surface area contributed by atoms with E-state index in [4.69, 9.17) is 0 Å². The van der Waals surface area contributed by atoms with Gasteiger partial charge < -0.3 is 5.32 Å². The van der Waals surface area contributed by atoms with Gasteiger partial charge in [-0.05, 0) is 19.9 Å². The molecule has 0 fully saturated rings. The summed E-state index contributed by atoms with van der Waals surface area (Å²) in [6, 6.07) is 1.98. The third-order valence-electron chi connectivity index (χ3n) is 4.19. The van der Waals surface area contributed by atoms with Crippen molar-refractivity contribution in [1.82, 2.24) is 34.8 Å². The molecule has 0 aliphatic rings. The lowest BCUT2D eigenvalue weighted by atomic mass is 10.1. The molecule has 3 aromatic heterocycles. The van der Waals surface area contributed by atoms with Crippen LogP contribution in [0.1, 0.15) is 40.7 Å². The van der Waals surface area contributed by atoms with Crippen LogP contribution in [-0.2, 0) is 20.3 Å². The standard InChI is InChI=1S/C17H18F3N7O/c1-9(23-16(28)14-6-15(17(18,19)20)25-27(14)4)13-5-12(24-26(13)3)11-7-21-10(2)22-8-11/h5-9H,1-4H3,(H,23,28). The van der Waals surface area contributed by atoms with Crippen molar-refractivity contribution in [1.29, 1.82) is 0 Å². The first kappa shape index (κ1) is 19.5. The zero-order chi connectivity index (χ0) is 20.6. The first-order valence-electron chi connectivity index (χ1n) is 8.31. The number of aromatic nitrogens is 6. The summed E-state index contributed by atoms with van der Waals surface area (Å²) in [5.41, 5.74) is 0.705. The Balaban J connectivity index is 1.80. The minimum atomic E-state index is -4.62. The van der Waals surface area contributed by atoms with E-state index in [1.165, 1.54) is 7.05 Å². The third kappa shape index (κ3) is 3.87. The van der Waals surface area contributed by atoms with Crippen LogP contribution < -0.4 is 5.32 Å². The Kier molecular flexibility index (Phi) is 4.92. The van der Waals surface area contributed by atoms with Crippen LogP contribution in [0.25, 0.3) is 11.3 Å². The molecule has 3 rings (SSSR count). The van der Waals surface area contributed by atoms with E-state index >= 15 is 0 Å². The van der Waals surface area contributed by atoms with Crippen molar-refractivity contribution in [2.45, 2.75) is 26.1 Å². The van der Waals surface area contributed by atoms with Crippen LogP contribution in [0, 0.1) is 6.92 Å². The van der Waals surface area contributed by atoms with Gasteiger partial charge in [-0.3, -0.25) is 14.2 Å². The highest BCUT2D eigenvalue weighted by Gasteiger charge is 2.35. The second kappa shape index (κ2) is 7.06. The second-order valence-corrected chi connectivity index (χ2v) is 6.33. The molecule has 0 aliphatic carbocycles. The molecule has 8 nitrogen and oxygen atoms in total. The van der Waals surface area contributed by atoms with Gasteiger partial charge in [0.2, 0.25) is 0 Å². The molecule has 1 N–H and O–H groups in total. The monoisotopic (exact) mass is 393 g/mol. The van der Waals surface area contributed by atoms with Crippen molar-refractivity contribution >= 4 is 5.91 Å². The van der Waals surface area contributed by atoms with Gasteiger partial charge in [-0.1, -0.05) is 0 Å². The Morgan fingerprint density at radius 1 is 1.11 bits per heavy atom. The van der Waals surface area contributed by atoms with E-state index in [1.54, 1.807) is 44.0 Å². The molecule has 28 heavy (non-hydrogen) atoms. The number of nitrogens with zero attached hydrogens (tertiary/aromatic N) is 6. The van der Waals surface area contributed by atoms with Crippen molar-refractivity contribution in [2.75, 3.05) is 0 Å². The molecule has 1 amide bonds. The summed E-state index contributed by atoms with van der Waals surface area (Å²) < 4.78 is 40.8. The number of aryl methyl sites for hydroxylation is 3. The number of carbonyl (C=O) groups excluding carboxylic acids is 1. The molecule has 148 valence electrons. The zero-order valence-corrected chi connectivity index (χ0v) is 15.6. The molecule has 0 aromatic carbocycles. The molecule has 1 atom stereocenters. The quantitative estimate of drug-likeness (QED) is 0.735. The van der Waals surface area contributed by atoms with Gasteiger partial charge in [0, 0.05) is 38.1 Å². The highest BCUT2D eigenvalue weighted by Crippen LogP contribution is 2.28. The summed E-state index contributed by atoms with van der Waals surface area (Å²) in [6.45, 7) is 3.49. The minimum absolute atomic E-state index is 0.187. The molecule has 0 aliphatic heterocycles. The molecule has 0 radical (unpaired) electrons. The number of nitrogens with one attached hydrogen (secondary N) is 1. The van der Waals surface area contributed by atoms with E-state index < -0.39 is 23.8 Å². The predicted molar refractivity (Wildman–Crippen MR) is 93.1 cm³/mol.